The second kappa shape index (κ2) is 8.81. The first-order valence-electron chi connectivity index (χ1n) is 10.5. The summed E-state index contributed by atoms with van der Waals surface area (Å²) < 4.78 is 0. The number of aromatic hydroxyl groups is 1. The lowest BCUT2D eigenvalue weighted by Gasteiger charge is -2.24. The van der Waals surface area contributed by atoms with Crippen LogP contribution in [0.1, 0.15) is 54.7 Å². The maximum atomic E-state index is 11.2. The molecule has 0 spiro atoms. The third kappa shape index (κ3) is 4.21. The molecule has 0 bridgehead atoms. The lowest BCUT2D eigenvalue weighted by molar-refractivity contribution is 0.281. The van der Waals surface area contributed by atoms with Gasteiger partial charge in [-0.2, -0.15) is 0 Å². The predicted molar refractivity (Wildman–Crippen MR) is 117 cm³/mol. The Morgan fingerprint density at radius 1 is 0.655 bits per heavy atom. The number of hydrogen-bond acceptors (Lipinski definition) is 3. The first kappa shape index (κ1) is 19.7. The van der Waals surface area contributed by atoms with Gasteiger partial charge in [0, 0.05) is 11.1 Å². The van der Waals surface area contributed by atoms with Gasteiger partial charge in [-0.25, -0.2) is 0 Å². The summed E-state index contributed by atoms with van der Waals surface area (Å²) in [5, 5.41) is 29.8. The fourth-order valence-electron chi connectivity index (χ4n) is 4.35. The van der Waals surface area contributed by atoms with Crippen LogP contribution in [-0.2, 0) is 13.2 Å². The Bertz CT molecular complexity index is 884. The van der Waals surface area contributed by atoms with Crippen molar-refractivity contribution >= 4 is 0 Å². The van der Waals surface area contributed by atoms with Crippen LogP contribution < -0.4 is 0 Å². The zero-order chi connectivity index (χ0) is 20.2. The standard InChI is InChI=1S/C26H28O3/c27-16-18-6-10-21(11-7-18)24-14-23(20-4-2-1-3-5-20)15-25(26(24)29)22-12-8-19(17-28)9-13-22/h6-15,20,27-29H,1-5,16-17H2. The maximum Gasteiger partial charge on any atom is 0.131 e. The molecule has 29 heavy (non-hydrogen) atoms. The molecule has 1 aliphatic carbocycles. The largest absolute Gasteiger partial charge is 0.507 e. The number of phenols is 1. The molecule has 0 saturated heterocycles. The van der Waals surface area contributed by atoms with Gasteiger partial charge in [-0.15, -0.1) is 0 Å². The van der Waals surface area contributed by atoms with E-state index >= 15 is 0 Å². The van der Waals surface area contributed by atoms with E-state index in [1.807, 2.05) is 48.5 Å². The second-order valence-corrected chi connectivity index (χ2v) is 8.01. The normalized spacial score (nSPS) is 14.8. The third-order valence-electron chi connectivity index (χ3n) is 6.10. The maximum absolute atomic E-state index is 11.2. The molecule has 1 aliphatic rings. The highest BCUT2D eigenvalue weighted by molar-refractivity contribution is 5.83. The Morgan fingerprint density at radius 3 is 1.52 bits per heavy atom. The summed E-state index contributed by atoms with van der Waals surface area (Å²) in [7, 11) is 0. The highest BCUT2D eigenvalue weighted by atomic mass is 16.3. The summed E-state index contributed by atoms with van der Waals surface area (Å²) >= 11 is 0. The van der Waals surface area contributed by atoms with Gasteiger partial charge in [-0.05, 0) is 58.7 Å². The van der Waals surface area contributed by atoms with E-state index in [9.17, 15) is 15.3 Å². The van der Waals surface area contributed by atoms with Crippen molar-refractivity contribution in [2.24, 2.45) is 0 Å². The number of hydrogen-bond donors (Lipinski definition) is 3. The van der Waals surface area contributed by atoms with Gasteiger partial charge in [0.2, 0.25) is 0 Å². The molecule has 0 aliphatic heterocycles. The van der Waals surface area contributed by atoms with Gasteiger partial charge in [0.15, 0.2) is 0 Å². The number of rotatable bonds is 5. The topological polar surface area (TPSA) is 60.7 Å². The predicted octanol–water partition coefficient (Wildman–Crippen LogP) is 5.76. The minimum Gasteiger partial charge on any atom is -0.507 e. The summed E-state index contributed by atoms with van der Waals surface area (Å²) in [4.78, 5) is 0. The minimum absolute atomic E-state index is 0.0107. The van der Waals surface area contributed by atoms with Gasteiger partial charge < -0.3 is 15.3 Å². The molecule has 0 amide bonds. The number of aliphatic hydroxyl groups excluding tert-OH is 2. The quantitative estimate of drug-likeness (QED) is 0.521. The van der Waals surface area contributed by atoms with E-state index in [1.165, 1.54) is 37.7 Å². The Kier molecular flexibility index (Phi) is 5.98. The molecule has 3 heteroatoms. The van der Waals surface area contributed by atoms with E-state index < -0.39 is 0 Å². The molecule has 1 fully saturated rings. The van der Waals surface area contributed by atoms with Crippen LogP contribution in [0, 0.1) is 0 Å². The van der Waals surface area contributed by atoms with Gasteiger partial charge in [-0.3, -0.25) is 0 Å². The molecule has 0 radical (unpaired) electrons. The van der Waals surface area contributed by atoms with Gasteiger partial charge in [-0.1, -0.05) is 67.8 Å². The number of aliphatic hydroxyl groups is 2. The summed E-state index contributed by atoms with van der Waals surface area (Å²) in [6, 6.07) is 19.7. The summed E-state index contributed by atoms with van der Waals surface area (Å²) in [6.45, 7) is 0.0215. The molecule has 4 rings (SSSR count). The molecule has 1 saturated carbocycles. The summed E-state index contributed by atoms with van der Waals surface area (Å²) in [6.07, 6.45) is 6.20. The molecule has 0 aromatic heterocycles. The Balaban J connectivity index is 1.83. The van der Waals surface area contributed by atoms with Crippen LogP contribution in [0.25, 0.3) is 22.3 Å². The average Bonchev–Trinajstić information content (AvgIpc) is 2.80. The van der Waals surface area contributed by atoms with Crippen molar-refractivity contribution in [3.05, 3.63) is 77.4 Å². The Morgan fingerprint density at radius 2 is 1.10 bits per heavy atom. The molecule has 3 aromatic rings. The fraction of sp³-hybridized carbons (Fsp3) is 0.308. The monoisotopic (exact) mass is 388 g/mol. The van der Waals surface area contributed by atoms with Crippen LogP contribution in [0.3, 0.4) is 0 Å². The van der Waals surface area contributed by atoms with Crippen LogP contribution in [0.15, 0.2) is 60.7 Å². The van der Waals surface area contributed by atoms with Gasteiger partial charge in [0.1, 0.15) is 5.75 Å². The summed E-state index contributed by atoms with van der Waals surface area (Å²) in [5.41, 5.74) is 6.56. The zero-order valence-electron chi connectivity index (χ0n) is 16.6. The molecular formula is C26H28O3. The van der Waals surface area contributed by atoms with Crippen LogP contribution in [-0.4, -0.2) is 15.3 Å². The second-order valence-electron chi connectivity index (χ2n) is 8.01. The lowest BCUT2D eigenvalue weighted by Crippen LogP contribution is -2.05. The summed E-state index contributed by atoms with van der Waals surface area (Å²) in [5.74, 6) is 0.799. The molecule has 150 valence electrons. The molecule has 0 unspecified atom stereocenters. The molecular weight excluding hydrogens is 360 g/mol. The molecule has 3 N–H and O–H groups in total. The first-order valence-corrected chi connectivity index (χ1v) is 10.5. The van der Waals surface area contributed by atoms with Crippen LogP contribution in [0.4, 0.5) is 0 Å². The Hall–Kier alpha value is -2.62. The molecule has 3 nitrogen and oxygen atoms in total. The van der Waals surface area contributed by atoms with E-state index in [1.54, 1.807) is 0 Å². The van der Waals surface area contributed by atoms with Crippen LogP contribution in [0.2, 0.25) is 0 Å². The molecule has 0 atom stereocenters. The fourth-order valence-corrected chi connectivity index (χ4v) is 4.35. The number of benzene rings is 3. The van der Waals surface area contributed by atoms with Gasteiger partial charge in [0.25, 0.3) is 0 Å². The van der Waals surface area contributed by atoms with Crippen molar-refractivity contribution < 1.29 is 15.3 Å². The van der Waals surface area contributed by atoms with Crippen molar-refractivity contribution in [2.75, 3.05) is 0 Å². The Labute approximate surface area is 172 Å². The van der Waals surface area contributed by atoms with Gasteiger partial charge in [0.05, 0.1) is 13.2 Å². The number of phenolic OH excluding ortho intramolecular Hbond substituents is 1. The third-order valence-corrected chi connectivity index (χ3v) is 6.10. The smallest absolute Gasteiger partial charge is 0.131 e. The first-order chi connectivity index (χ1) is 14.2. The highest BCUT2D eigenvalue weighted by Crippen LogP contribution is 2.43. The average molecular weight is 389 g/mol. The van der Waals surface area contributed by atoms with Crippen molar-refractivity contribution in [3.63, 3.8) is 0 Å². The van der Waals surface area contributed by atoms with Crippen molar-refractivity contribution in [2.45, 2.75) is 51.2 Å². The van der Waals surface area contributed by atoms with E-state index in [2.05, 4.69) is 12.1 Å². The zero-order valence-corrected chi connectivity index (χ0v) is 16.6. The SMILES string of the molecule is OCc1ccc(-c2cc(C3CCCCC3)cc(-c3ccc(CO)cc3)c2O)cc1. The van der Waals surface area contributed by atoms with E-state index in [0.29, 0.717) is 5.92 Å². The van der Waals surface area contributed by atoms with Crippen molar-refractivity contribution in [1.82, 2.24) is 0 Å². The van der Waals surface area contributed by atoms with E-state index in [-0.39, 0.29) is 19.0 Å². The van der Waals surface area contributed by atoms with E-state index in [4.69, 9.17) is 0 Å². The molecule has 3 aromatic carbocycles. The van der Waals surface area contributed by atoms with E-state index in [0.717, 1.165) is 33.4 Å². The highest BCUT2D eigenvalue weighted by Gasteiger charge is 2.20. The van der Waals surface area contributed by atoms with Crippen LogP contribution in [0.5, 0.6) is 5.75 Å². The van der Waals surface area contributed by atoms with Crippen molar-refractivity contribution in [1.29, 1.82) is 0 Å². The molecule has 0 heterocycles. The van der Waals surface area contributed by atoms with Gasteiger partial charge >= 0.3 is 0 Å². The minimum atomic E-state index is 0.0107. The van der Waals surface area contributed by atoms with Crippen molar-refractivity contribution in [3.8, 4) is 28.0 Å². The van der Waals surface area contributed by atoms with Crippen LogP contribution >= 0.6 is 0 Å². The lowest BCUT2D eigenvalue weighted by atomic mass is 9.81.